The van der Waals surface area contributed by atoms with Gasteiger partial charge >= 0.3 is 5.69 Å². The first kappa shape index (κ1) is 24.4. The van der Waals surface area contributed by atoms with Crippen molar-refractivity contribution >= 4 is 0 Å². The molecule has 4 heterocycles. The fourth-order valence-corrected chi connectivity index (χ4v) is 4.46. The molecule has 0 aliphatic carbocycles. The fraction of sp³-hybridized carbons (Fsp3) is 0.333. The van der Waals surface area contributed by atoms with Crippen LogP contribution < -0.4 is 5.69 Å². The fourth-order valence-electron chi connectivity index (χ4n) is 4.46. The molecule has 37 heavy (non-hydrogen) atoms. The molecule has 1 aromatic carbocycles. The summed E-state index contributed by atoms with van der Waals surface area (Å²) in [5.74, 6) is 1.40. The van der Waals surface area contributed by atoms with Gasteiger partial charge in [-0.05, 0) is 65.9 Å². The highest BCUT2D eigenvalue weighted by Gasteiger charge is 2.18. The zero-order chi connectivity index (χ0) is 25.8. The van der Waals surface area contributed by atoms with Crippen LogP contribution in [0.5, 0.6) is 0 Å². The maximum Gasteiger partial charge on any atom is 0.334 e. The van der Waals surface area contributed by atoms with Crippen molar-refractivity contribution in [3.63, 3.8) is 0 Å². The third-order valence-corrected chi connectivity index (χ3v) is 6.70. The molecule has 0 spiro atoms. The minimum Gasteiger partial charge on any atom is -0.290 e. The van der Waals surface area contributed by atoms with E-state index < -0.39 is 0 Å². The summed E-state index contributed by atoms with van der Waals surface area (Å²) in [6.07, 6.45) is 9.32. The predicted octanol–water partition coefficient (Wildman–Crippen LogP) is 4.44. The topological polar surface area (TPSA) is 112 Å². The SMILES string of the molecule is CCCCc1cn(-c2ccnn2C(C)CC)c(=O)n1Cc1cc(-c2cccc(-c3nnn[nH]3)c2)ccn1. The zero-order valence-corrected chi connectivity index (χ0v) is 21.4. The normalized spacial score (nSPS) is 12.2. The second-order valence-corrected chi connectivity index (χ2v) is 9.22. The van der Waals surface area contributed by atoms with Crippen LogP contribution in [0.4, 0.5) is 0 Å². The number of imidazole rings is 1. The second kappa shape index (κ2) is 10.7. The lowest BCUT2D eigenvalue weighted by Gasteiger charge is -2.13. The van der Waals surface area contributed by atoms with Gasteiger partial charge < -0.3 is 0 Å². The molecule has 5 aromatic rings. The average molecular weight is 498 g/mol. The Bertz CT molecular complexity index is 1530. The number of nitrogens with zero attached hydrogens (tertiary/aromatic N) is 8. The van der Waals surface area contributed by atoms with Gasteiger partial charge in [0.05, 0.1) is 24.5 Å². The lowest BCUT2D eigenvalue weighted by atomic mass is 10.0. The first-order chi connectivity index (χ1) is 18.1. The van der Waals surface area contributed by atoms with Crippen LogP contribution in [0.15, 0.2) is 65.8 Å². The van der Waals surface area contributed by atoms with E-state index in [0.29, 0.717) is 12.4 Å². The molecular formula is C27H31N9O. The van der Waals surface area contributed by atoms with Crippen LogP contribution in [0.1, 0.15) is 57.5 Å². The Morgan fingerprint density at radius 3 is 2.65 bits per heavy atom. The zero-order valence-electron chi connectivity index (χ0n) is 21.4. The van der Waals surface area contributed by atoms with Crippen LogP contribution in [0.3, 0.4) is 0 Å². The van der Waals surface area contributed by atoms with Gasteiger partial charge in [0.15, 0.2) is 5.82 Å². The average Bonchev–Trinajstić information content (AvgIpc) is 3.69. The van der Waals surface area contributed by atoms with Crippen LogP contribution in [-0.4, -0.2) is 44.5 Å². The van der Waals surface area contributed by atoms with E-state index in [1.54, 1.807) is 17.0 Å². The van der Waals surface area contributed by atoms with Crippen molar-refractivity contribution in [2.24, 2.45) is 0 Å². The third kappa shape index (κ3) is 5.00. The number of aromatic amines is 1. The number of benzene rings is 1. The van der Waals surface area contributed by atoms with E-state index in [9.17, 15) is 4.79 Å². The number of tetrazole rings is 1. The van der Waals surface area contributed by atoms with E-state index in [-0.39, 0.29) is 11.7 Å². The molecular weight excluding hydrogens is 466 g/mol. The van der Waals surface area contributed by atoms with Crippen LogP contribution in [-0.2, 0) is 13.0 Å². The summed E-state index contributed by atoms with van der Waals surface area (Å²) in [7, 11) is 0. The Morgan fingerprint density at radius 2 is 1.86 bits per heavy atom. The lowest BCUT2D eigenvalue weighted by Crippen LogP contribution is -2.27. The molecule has 0 saturated heterocycles. The second-order valence-electron chi connectivity index (χ2n) is 9.22. The third-order valence-electron chi connectivity index (χ3n) is 6.70. The molecule has 1 unspecified atom stereocenters. The van der Waals surface area contributed by atoms with E-state index in [2.05, 4.69) is 51.5 Å². The first-order valence-corrected chi connectivity index (χ1v) is 12.7. The summed E-state index contributed by atoms with van der Waals surface area (Å²) in [6.45, 7) is 6.78. The largest absolute Gasteiger partial charge is 0.334 e. The van der Waals surface area contributed by atoms with E-state index in [1.807, 2.05) is 57.9 Å². The van der Waals surface area contributed by atoms with Crippen molar-refractivity contribution < 1.29 is 0 Å². The van der Waals surface area contributed by atoms with Gasteiger partial charge in [0.2, 0.25) is 0 Å². The van der Waals surface area contributed by atoms with Crippen LogP contribution in [0.25, 0.3) is 28.3 Å². The molecule has 190 valence electrons. The summed E-state index contributed by atoms with van der Waals surface area (Å²) < 4.78 is 5.49. The minimum absolute atomic E-state index is 0.0804. The quantitative estimate of drug-likeness (QED) is 0.305. The van der Waals surface area contributed by atoms with Gasteiger partial charge in [-0.25, -0.2) is 14.6 Å². The summed E-state index contributed by atoms with van der Waals surface area (Å²) in [5.41, 5.74) is 4.66. The van der Waals surface area contributed by atoms with Gasteiger partial charge in [-0.15, -0.1) is 5.10 Å². The first-order valence-electron chi connectivity index (χ1n) is 12.7. The molecule has 10 nitrogen and oxygen atoms in total. The smallest absolute Gasteiger partial charge is 0.290 e. The summed E-state index contributed by atoms with van der Waals surface area (Å²) in [6, 6.07) is 14.1. The summed E-state index contributed by atoms with van der Waals surface area (Å²) in [4.78, 5) is 18.3. The van der Waals surface area contributed by atoms with Gasteiger partial charge in [-0.2, -0.15) is 5.10 Å². The Morgan fingerprint density at radius 1 is 1.03 bits per heavy atom. The molecule has 0 radical (unpaired) electrons. The molecule has 0 saturated carbocycles. The number of aryl methyl sites for hydroxylation is 1. The Balaban J connectivity index is 1.50. The number of aromatic nitrogens is 9. The van der Waals surface area contributed by atoms with Crippen molar-refractivity contribution in [2.45, 2.75) is 59.0 Å². The molecule has 0 amide bonds. The molecule has 5 rings (SSSR count). The Kier molecular flexibility index (Phi) is 7.07. The molecule has 4 aromatic heterocycles. The van der Waals surface area contributed by atoms with Crippen molar-refractivity contribution in [1.82, 2.24) is 44.5 Å². The number of rotatable bonds is 10. The van der Waals surface area contributed by atoms with E-state index >= 15 is 0 Å². The standard InChI is InChI=1S/C27H31N9O/c1-4-6-10-24-18-35(25-12-14-29-36(25)19(3)5-2)27(37)34(24)17-23-16-21(11-13-28-23)20-8-7-9-22(15-20)26-30-32-33-31-26/h7-9,11-16,18-19H,4-6,10,17H2,1-3H3,(H,30,31,32,33). The van der Waals surface area contributed by atoms with Gasteiger partial charge in [0.25, 0.3) is 0 Å². The molecule has 0 aliphatic heterocycles. The summed E-state index contributed by atoms with van der Waals surface area (Å²) in [5, 5.41) is 18.6. The maximum absolute atomic E-state index is 13.7. The molecule has 0 fully saturated rings. The number of nitrogens with one attached hydrogen (secondary N) is 1. The van der Waals surface area contributed by atoms with Gasteiger partial charge in [0.1, 0.15) is 5.82 Å². The van der Waals surface area contributed by atoms with Crippen LogP contribution in [0, 0.1) is 0 Å². The van der Waals surface area contributed by atoms with Crippen LogP contribution >= 0.6 is 0 Å². The predicted molar refractivity (Wildman–Crippen MR) is 141 cm³/mol. The summed E-state index contributed by atoms with van der Waals surface area (Å²) >= 11 is 0. The number of H-pyrrole nitrogens is 1. The van der Waals surface area contributed by atoms with Crippen molar-refractivity contribution in [3.8, 4) is 28.3 Å². The molecule has 0 bridgehead atoms. The molecule has 1 atom stereocenters. The molecule has 1 N–H and O–H groups in total. The van der Waals surface area contributed by atoms with Crippen molar-refractivity contribution in [1.29, 1.82) is 0 Å². The Labute approximate surface area is 215 Å². The molecule has 10 heteroatoms. The number of hydrogen-bond donors (Lipinski definition) is 1. The highest BCUT2D eigenvalue weighted by atomic mass is 16.1. The van der Waals surface area contributed by atoms with Gasteiger partial charge in [-0.1, -0.05) is 38.5 Å². The van der Waals surface area contributed by atoms with E-state index in [1.165, 1.54) is 0 Å². The number of unbranched alkanes of at least 4 members (excludes halogenated alkanes) is 1. The maximum atomic E-state index is 13.7. The van der Waals surface area contributed by atoms with Gasteiger partial charge in [-0.3, -0.25) is 14.1 Å². The number of hydrogen-bond acceptors (Lipinski definition) is 6. The highest BCUT2D eigenvalue weighted by Crippen LogP contribution is 2.25. The van der Waals surface area contributed by atoms with Crippen LogP contribution in [0.2, 0.25) is 0 Å². The molecule has 0 aliphatic rings. The van der Waals surface area contributed by atoms with Crippen molar-refractivity contribution in [2.75, 3.05) is 0 Å². The van der Waals surface area contributed by atoms with Crippen molar-refractivity contribution in [3.05, 3.63) is 82.9 Å². The highest BCUT2D eigenvalue weighted by molar-refractivity contribution is 5.70. The monoisotopic (exact) mass is 497 g/mol. The Hall–Kier alpha value is -4.34. The van der Waals surface area contributed by atoms with E-state index in [4.69, 9.17) is 0 Å². The van der Waals surface area contributed by atoms with Gasteiger partial charge in [0, 0.05) is 29.7 Å². The minimum atomic E-state index is -0.0804. The lowest BCUT2D eigenvalue weighted by molar-refractivity contribution is 0.468. The number of pyridine rings is 1. The van der Waals surface area contributed by atoms with E-state index in [0.717, 1.165) is 59.6 Å².